The number of hydrogen-bond acceptors (Lipinski definition) is 7. The molecule has 2 N–H and O–H groups in total. The summed E-state index contributed by atoms with van der Waals surface area (Å²) in [5.74, 6) is 0.338. The normalized spacial score (nSPS) is 18.9. The van der Waals surface area contributed by atoms with Gasteiger partial charge in [0.2, 0.25) is 0 Å². The van der Waals surface area contributed by atoms with E-state index in [1.165, 1.54) is 0 Å². The Morgan fingerprint density at radius 3 is 2.70 bits per heavy atom. The Hall–Kier alpha value is -3.20. The maximum Gasteiger partial charge on any atom is 0.269 e. The summed E-state index contributed by atoms with van der Waals surface area (Å²) in [6.45, 7) is 6.13. The Morgan fingerprint density at radius 2 is 2.03 bits per heavy atom. The topological polar surface area (TPSA) is 99.7 Å². The van der Waals surface area contributed by atoms with Crippen molar-refractivity contribution in [3.8, 4) is 5.75 Å². The molecule has 9 heteroatoms. The van der Waals surface area contributed by atoms with Gasteiger partial charge in [-0.05, 0) is 24.6 Å². The Morgan fingerprint density at radius 1 is 1.23 bits per heavy atom. The van der Waals surface area contributed by atoms with Crippen LogP contribution in [0.25, 0.3) is 0 Å². The molecule has 0 saturated carbocycles. The molecule has 0 bridgehead atoms. The van der Waals surface area contributed by atoms with E-state index in [2.05, 4.69) is 30.4 Å². The molecule has 0 unspecified atom stereocenters. The number of carbonyl (C=O) groups is 2. The van der Waals surface area contributed by atoms with E-state index in [9.17, 15) is 9.59 Å². The van der Waals surface area contributed by atoms with Crippen LogP contribution >= 0.6 is 0 Å². The van der Waals surface area contributed by atoms with Crippen molar-refractivity contribution in [1.82, 2.24) is 20.2 Å². The Bertz CT molecular complexity index is 925. The molecule has 4 heterocycles. The molecule has 2 aromatic rings. The van der Waals surface area contributed by atoms with E-state index >= 15 is 0 Å². The first-order chi connectivity index (χ1) is 14.6. The number of hydrogen-bond donors (Lipinski definition) is 2. The molecule has 4 rings (SSSR count). The van der Waals surface area contributed by atoms with E-state index in [1.54, 1.807) is 25.5 Å². The highest BCUT2D eigenvalue weighted by atomic mass is 16.5. The number of aromatic nitrogens is 2. The number of amides is 2. The highest BCUT2D eigenvalue weighted by molar-refractivity contribution is 5.97. The second-order valence-electron chi connectivity index (χ2n) is 7.42. The van der Waals surface area contributed by atoms with Crippen LogP contribution in [0.2, 0.25) is 0 Å². The predicted octanol–water partition coefficient (Wildman–Crippen LogP) is 1.27. The smallest absolute Gasteiger partial charge is 0.269 e. The van der Waals surface area contributed by atoms with Crippen molar-refractivity contribution in [2.24, 2.45) is 0 Å². The average Bonchev–Trinajstić information content (AvgIpc) is 2.78. The molecule has 0 aliphatic carbocycles. The van der Waals surface area contributed by atoms with Gasteiger partial charge in [0.1, 0.15) is 5.69 Å². The molecule has 2 aromatic heterocycles. The van der Waals surface area contributed by atoms with E-state index in [1.807, 2.05) is 19.1 Å². The van der Waals surface area contributed by atoms with E-state index in [4.69, 9.17) is 4.74 Å². The van der Waals surface area contributed by atoms with Crippen LogP contribution in [0, 0.1) is 0 Å². The molecule has 1 saturated heterocycles. The number of piperazine rings is 1. The van der Waals surface area contributed by atoms with E-state index < -0.39 is 6.10 Å². The van der Waals surface area contributed by atoms with Crippen LogP contribution in [0.5, 0.6) is 5.75 Å². The molecule has 1 fully saturated rings. The van der Waals surface area contributed by atoms with E-state index in [0.717, 1.165) is 37.6 Å². The molecular formula is C21H26N6O3. The largest absolute Gasteiger partial charge is 0.477 e. The maximum atomic E-state index is 12.0. The molecule has 2 amide bonds. The van der Waals surface area contributed by atoms with Gasteiger partial charge < -0.3 is 20.3 Å². The highest BCUT2D eigenvalue weighted by Crippen LogP contribution is 2.30. The van der Waals surface area contributed by atoms with Crippen LogP contribution in [0.4, 0.5) is 11.4 Å². The number of rotatable bonds is 5. The van der Waals surface area contributed by atoms with Crippen LogP contribution in [0.1, 0.15) is 29.5 Å². The Labute approximate surface area is 175 Å². The summed E-state index contributed by atoms with van der Waals surface area (Å²) >= 11 is 0. The third kappa shape index (κ3) is 4.20. The van der Waals surface area contributed by atoms with Crippen molar-refractivity contribution in [1.29, 1.82) is 0 Å². The van der Waals surface area contributed by atoms with Crippen molar-refractivity contribution >= 4 is 23.2 Å². The molecule has 2 aliphatic heterocycles. The van der Waals surface area contributed by atoms with Gasteiger partial charge in [0.05, 0.1) is 29.5 Å². The van der Waals surface area contributed by atoms with Crippen molar-refractivity contribution in [2.45, 2.75) is 26.0 Å². The first kappa shape index (κ1) is 20.1. The van der Waals surface area contributed by atoms with Gasteiger partial charge >= 0.3 is 0 Å². The van der Waals surface area contributed by atoms with Crippen LogP contribution < -0.4 is 20.3 Å². The number of nitrogens with one attached hydrogen (secondary N) is 2. The first-order valence-electron chi connectivity index (χ1n) is 10.2. The standard InChI is InChI=1S/C21H26N6O3/c1-3-18-21(29)25-17-10-14(23-12-19(17)30-18)13-26-6-8-27(9-7-26)15-4-5-16(24-11-15)20(28)22-2/h4-5,10-12,18H,3,6-9,13H2,1-2H3,(H,22,28)(H,25,29)/t18-/m1/s1. The molecule has 2 aliphatic rings. The fourth-order valence-corrected chi connectivity index (χ4v) is 3.68. The number of pyridine rings is 2. The minimum atomic E-state index is -0.446. The molecule has 0 spiro atoms. The molecule has 0 radical (unpaired) electrons. The van der Waals surface area contributed by atoms with Crippen molar-refractivity contribution in [3.63, 3.8) is 0 Å². The number of carbonyl (C=O) groups excluding carboxylic acids is 2. The fraction of sp³-hybridized carbons (Fsp3) is 0.429. The van der Waals surface area contributed by atoms with Gasteiger partial charge in [-0.25, -0.2) is 4.98 Å². The lowest BCUT2D eigenvalue weighted by Gasteiger charge is -2.36. The number of ether oxygens (including phenoxy) is 1. The summed E-state index contributed by atoms with van der Waals surface area (Å²) in [5, 5.41) is 5.49. The van der Waals surface area contributed by atoms with Gasteiger partial charge in [-0.15, -0.1) is 0 Å². The second-order valence-corrected chi connectivity index (χ2v) is 7.42. The van der Waals surface area contributed by atoms with Gasteiger partial charge in [0.15, 0.2) is 11.9 Å². The monoisotopic (exact) mass is 410 g/mol. The Balaban J connectivity index is 1.34. The van der Waals surface area contributed by atoms with Crippen LogP contribution in [0.3, 0.4) is 0 Å². The molecule has 30 heavy (non-hydrogen) atoms. The van der Waals surface area contributed by atoms with Crippen LogP contribution in [0.15, 0.2) is 30.6 Å². The summed E-state index contributed by atoms with van der Waals surface area (Å²) in [6, 6.07) is 5.58. The van der Waals surface area contributed by atoms with Crippen LogP contribution in [-0.4, -0.2) is 66.0 Å². The van der Waals surface area contributed by atoms with Gasteiger partial charge in [-0.1, -0.05) is 6.92 Å². The summed E-state index contributed by atoms with van der Waals surface area (Å²) in [5.41, 5.74) is 3.02. The fourth-order valence-electron chi connectivity index (χ4n) is 3.68. The second kappa shape index (κ2) is 8.66. The Kier molecular flexibility index (Phi) is 5.80. The third-order valence-corrected chi connectivity index (χ3v) is 5.44. The van der Waals surface area contributed by atoms with Gasteiger partial charge in [0, 0.05) is 39.8 Å². The lowest BCUT2D eigenvalue weighted by atomic mass is 10.2. The lowest BCUT2D eigenvalue weighted by molar-refractivity contribution is -0.123. The van der Waals surface area contributed by atoms with Crippen molar-refractivity contribution in [3.05, 3.63) is 42.0 Å². The number of nitrogens with zero attached hydrogens (tertiary/aromatic N) is 4. The molecule has 158 valence electrons. The average molecular weight is 410 g/mol. The SMILES string of the molecule is CC[C@H]1Oc2cnc(CN3CCN(c4ccc(C(=O)NC)nc4)CC3)cc2NC1=O. The lowest BCUT2D eigenvalue weighted by Crippen LogP contribution is -2.46. The summed E-state index contributed by atoms with van der Waals surface area (Å²) in [4.78, 5) is 37.0. The zero-order valence-electron chi connectivity index (χ0n) is 17.2. The van der Waals surface area contributed by atoms with Gasteiger partial charge in [-0.3, -0.25) is 19.5 Å². The number of anilines is 2. The minimum absolute atomic E-state index is 0.105. The zero-order valence-corrected chi connectivity index (χ0v) is 17.2. The van der Waals surface area contributed by atoms with E-state index in [0.29, 0.717) is 30.1 Å². The molecule has 0 aromatic carbocycles. The summed E-state index contributed by atoms with van der Waals surface area (Å²) in [6.07, 6.45) is 3.62. The molecule has 9 nitrogen and oxygen atoms in total. The number of fused-ring (bicyclic) bond motifs is 1. The minimum Gasteiger partial charge on any atom is -0.477 e. The van der Waals surface area contributed by atoms with Crippen molar-refractivity contribution in [2.75, 3.05) is 43.4 Å². The summed E-state index contributed by atoms with van der Waals surface area (Å²) < 4.78 is 5.71. The summed E-state index contributed by atoms with van der Waals surface area (Å²) in [7, 11) is 1.59. The van der Waals surface area contributed by atoms with E-state index in [-0.39, 0.29) is 11.8 Å². The predicted molar refractivity (Wildman–Crippen MR) is 113 cm³/mol. The maximum absolute atomic E-state index is 12.0. The zero-order chi connectivity index (χ0) is 21.1. The molecular weight excluding hydrogens is 384 g/mol. The highest BCUT2D eigenvalue weighted by Gasteiger charge is 2.27. The third-order valence-electron chi connectivity index (χ3n) is 5.44. The van der Waals surface area contributed by atoms with Crippen molar-refractivity contribution < 1.29 is 14.3 Å². The van der Waals surface area contributed by atoms with Gasteiger partial charge in [-0.2, -0.15) is 0 Å². The van der Waals surface area contributed by atoms with Crippen LogP contribution in [-0.2, 0) is 11.3 Å². The quantitative estimate of drug-likeness (QED) is 0.766. The first-order valence-corrected chi connectivity index (χ1v) is 10.2. The van der Waals surface area contributed by atoms with Gasteiger partial charge in [0.25, 0.3) is 11.8 Å². The molecule has 1 atom stereocenters.